The van der Waals surface area contributed by atoms with Crippen molar-refractivity contribution in [2.45, 2.75) is 13.0 Å². The highest BCUT2D eigenvalue weighted by molar-refractivity contribution is 5.83. The van der Waals surface area contributed by atoms with Crippen LogP contribution in [0, 0.1) is 5.92 Å². The van der Waals surface area contributed by atoms with Crippen LogP contribution in [0.4, 0.5) is 0 Å². The van der Waals surface area contributed by atoms with Crippen molar-refractivity contribution < 1.29 is 4.79 Å². The first kappa shape index (κ1) is 11.9. The number of likely N-dealkylation sites (tertiary alicyclic amines) is 1. The molecule has 96 valence electrons. The fourth-order valence-electron chi connectivity index (χ4n) is 2.62. The van der Waals surface area contributed by atoms with E-state index in [-0.39, 0.29) is 5.91 Å². The van der Waals surface area contributed by atoms with Crippen LogP contribution in [0.3, 0.4) is 0 Å². The highest BCUT2D eigenvalue weighted by atomic mass is 16.2. The summed E-state index contributed by atoms with van der Waals surface area (Å²) in [7, 11) is 0. The number of rotatable bonds is 3. The molecule has 3 nitrogen and oxygen atoms in total. The molecule has 3 heteroatoms. The number of benzene rings is 1. The first-order valence-corrected chi connectivity index (χ1v) is 6.51. The third-order valence-electron chi connectivity index (χ3n) is 3.67. The molecule has 1 aliphatic heterocycles. The molecular formula is C16H16N2O. The molecule has 2 aromatic rings. The molecule has 1 atom stereocenters. The maximum Gasteiger partial charge on any atom is 0.223 e. The van der Waals surface area contributed by atoms with Gasteiger partial charge in [-0.15, -0.1) is 6.58 Å². The maximum absolute atomic E-state index is 11.9. The Morgan fingerprint density at radius 3 is 3.05 bits per heavy atom. The minimum Gasteiger partial charge on any atom is -0.338 e. The first-order valence-electron chi connectivity index (χ1n) is 6.51. The summed E-state index contributed by atoms with van der Waals surface area (Å²) < 4.78 is 0. The van der Waals surface area contributed by atoms with Gasteiger partial charge in [0.1, 0.15) is 0 Å². The molecule has 0 radical (unpaired) electrons. The summed E-state index contributed by atoms with van der Waals surface area (Å²) in [6.45, 7) is 5.22. The summed E-state index contributed by atoms with van der Waals surface area (Å²) >= 11 is 0. The van der Waals surface area contributed by atoms with Crippen LogP contribution in [0.2, 0.25) is 0 Å². The van der Waals surface area contributed by atoms with E-state index in [1.807, 2.05) is 29.2 Å². The molecule has 0 saturated carbocycles. The van der Waals surface area contributed by atoms with E-state index >= 15 is 0 Å². The summed E-state index contributed by atoms with van der Waals surface area (Å²) in [5.41, 5.74) is 2.13. The monoisotopic (exact) mass is 252 g/mol. The summed E-state index contributed by atoms with van der Waals surface area (Å²) in [4.78, 5) is 18.2. The third kappa shape index (κ3) is 2.24. The normalized spacial score (nSPS) is 19.1. The molecule has 1 aliphatic rings. The molecule has 0 spiro atoms. The van der Waals surface area contributed by atoms with E-state index in [9.17, 15) is 4.79 Å². The van der Waals surface area contributed by atoms with Gasteiger partial charge in [0.2, 0.25) is 5.91 Å². The Labute approximate surface area is 112 Å². The van der Waals surface area contributed by atoms with E-state index in [4.69, 9.17) is 0 Å². The van der Waals surface area contributed by atoms with Gasteiger partial charge in [0.25, 0.3) is 0 Å². The Balaban J connectivity index is 1.90. The number of pyridine rings is 1. The Bertz CT molecular complexity index is 630. The van der Waals surface area contributed by atoms with Crippen LogP contribution in [0.5, 0.6) is 0 Å². The first-order chi connectivity index (χ1) is 9.28. The Hall–Kier alpha value is -2.16. The van der Waals surface area contributed by atoms with Crippen LogP contribution in [0.15, 0.2) is 49.2 Å². The van der Waals surface area contributed by atoms with Crippen molar-refractivity contribution in [3.63, 3.8) is 0 Å². The van der Waals surface area contributed by atoms with Crippen molar-refractivity contribution in [3.05, 3.63) is 54.7 Å². The fraction of sp³-hybridized carbons (Fsp3) is 0.250. The molecular weight excluding hydrogens is 236 g/mol. The number of hydrogen-bond donors (Lipinski definition) is 0. The molecule has 1 aromatic carbocycles. The van der Waals surface area contributed by atoms with Gasteiger partial charge in [0.05, 0.1) is 5.52 Å². The highest BCUT2D eigenvalue weighted by Crippen LogP contribution is 2.23. The number of fused-ring (bicyclic) bond motifs is 1. The number of carbonyl (C=O) groups is 1. The molecule has 3 rings (SSSR count). The Morgan fingerprint density at radius 2 is 2.26 bits per heavy atom. The van der Waals surface area contributed by atoms with E-state index in [0.29, 0.717) is 18.9 Å². The lowest BCUT2D eigenvalue weighted by molar-refractivity contribution is -0.128. The second-order valence-electron chi connectivity index (χ2n) is 4.96. The topological polar surface area (TPSA) is 33.2 Å². The van der Waals surface area contributed by atoms with E-state index in [1.54, 1.807) is 6.20 Å². The van der Waals surface area contributed by atoms with Gasteiger partial charge >= 0.3 is 0 Å². The molecule has 2 heterocycles. The van der Waals surface area contributed by atoms with Crippen molar-refractivity contribution in [2.24, 2.45) is 5.92 Å². The molecule has 1 aromatic heterocycles. The lowest BCUT2D eigenvalue weighted by Gasteiger charge is -2.17. The molecule has 19 heavy (non-hydrogen) atoms. The molecule has 0 N–H and O–H groups in total. The van der Waals surface area contributed by atoms with Gasteiger partial charge in [0, 0.05) is 37.0 Å². The van der Waals surface area contributed by atoms with Gasteiger partial charge in [-0.05, 0) is 17.7 Å². The van der Waals surface area contributed by atoms with Gasteiger partial charge in [-0.2, -0.15) is 0 Å². The van der Waals surface area contributed by atoms with Crippen molar-refractivity contribution in [2.75, 3.05) is 6.54 Å². The summed E-state index contributed by atoms with van der Waals surface area (Å²) in [6.07, 6.45) is 4.26. The van der Waals surface area contributed by atoms with Gasteiger partial charge in [0.15, 0.2) is 0 Å². The van der Waals surface area contributed by atoms with Crippen LogP contribution in [-0.2, 0) is 11.3 Å². The maximum atomic E-state index is 11.9. The highest BCUT2D eigenvalue weighted by Gasteiger charge is 2.27. The average molecular weight is 252 g/mol. The minimum absolute atomic E-state index is 0.214. The van der Waals surface area contributed by atoms with Gasteiger partial charge in [-0.3, -0.25) is 9.78 Å². The lowest BCUT2D eigenvalue weighted by atomic mass is 10.1. The fourth-order valence-corrected chi connectivity index (χ4v) is 2.62. The molecule has 1 fully saturated rings. The predicted molar refractivity (Wildman–Crippen MR) is 75.5 cm³/mol. The quantitative estimate of drug-likeness (QED) is 0.787. The van der Waals surface area contributed by atoms with Crippen molar-refractivity contribution in [1.82, 2.24) is 9.88 Å². The zero-order chi connectivity index (χ0) is 13.2. The van der Waals surface area contributed by atoms with Crippen LogP contribution >= 0.6 is 0 Å². The van der Waals surface area contributed by atoms with Crippen LogP contribution in [0.25, 0.3) is 10.9 Å². The zero-order valence-electron chi connectivity index (χ0n) is 10.7. The van der Waals surface area contributed by atoms with E-state index in [1.165, 1.54) is 0 Å². The van der Waals surface area contributed by atoms with E-state index < -0.39 is 0 Å². The van der Waals surface area contributed by atoms with Crippen molar-refractivity contribution in [1.29, 1.82) is 0 Å². The SMILES string of the molecule is C=CC1CC(=O)N(Cc2cccc3ncccc23)C1. The standard InChI is InChI=1S/C16H16N2O/c1-2-12-9-16(19)18(10-12)11-13-5-3-7-15-14(13)6-4-8-17-15/h2-8,12H,1,9-11H2. The molecule has 1 saturated heterocycles. The van der Waals surface area contributed by atoms with Crippen LogP contribution in [-0.4, -0.2) is 22.3 Å². The molecule has 1 amide bonds. The number of nitrogens with zero attached hydrogens (tertiary/aromatic N) is 2. The van der Waals surface area contributed by atoms with Crippen molar-refractivity contribution in [3.8, 4) is 0 Å². The smallest absolute Gasteiger partial charge is 0.223 e. The Morgan fingerprint density at radius 1 is 1.37 bits per heavy atom. The number of carbonyl (C=O) groups excluding carboxylic acids is 1. The second kappa shape index (κ2) is 4.84. The number of aromatic nitrogens is 1. The predicted octanol–water partition coefficient (Wildman–Crippen LogP) is 2.77. The number of amides is 1. The van der Waals surface area contributed by atoms with E-state index in [2.05, 4.69) is 23.7 Å². The Kier molecular flexibility index (Phi) is 3.03. The van der Waals surface area contributed by atoms with Crippen LogP contribution < -0.4 is 0 Å². The van der Waals surface area contributed by atoms with Gasteiger partial charge < -0.3 is 4.90 Å². The molecule has 1 unspecified atom stereocenters. The third-order valence-corrected chi connectivity index (χ3v) is 3.67. The van der Waals surface area contributed by atoms with Crippen molar-refractivity contribution >= 4 is 16.8 Å². The van der Waals surface area contributed by atoms with Crippen LogP contribution in [0.1, 0.15) is 12.0 Å². The second-order valence-corrected chi connectivity index (χ2v) is 4.96. The zero-order valence-corrected chi connectivity index (χ0v) is 10.7. The van der Waals surface area contributed by atoms with Gasteiger partial charge in [-0.25, -0.2) is 0 Å². The summed E-state index contributed by atoms with van der Waals surface area (Å²) in [5.74, 6) is 0.506. The number of hydrogen-bond acceptors (Lipinski definition) is 2. The van der Waals surface area contributed by atoms with Gasteiger partial charge in [-0.1, -0.05) is 24.3 Å². The molecule has 0 aliphatic carbocycles. The lowest BCUT2D eigenvalue weighted by Crippen LogP contribution is -2.24. The summed E-state index contributed by atoms with van der Waals surface area (Å²) in [5, 5.41) is 1.12. The van der Waals surface area contributed by atoms with E-state index in [0.717, 1.165) is 23.0 Å². The average Bonchev–Trinajstić information content (AvgIpc) is 2.80. The minimum atomic E-state index is 0.214. The largest absolute Gasteiger partial charge is 0.338 e. The molecule has 0 bridgehead atoms. The summed E-state index contributed by atoms with van der Waals surface area (Å²) in [6, 6.07) is 10.1.